The summed E-state index contributed by atoms with van der Waals surface area (Å²) in [5.41, 5.74) is 4.03. The second-order valence-corrected chi connectivity index (χ2v) is 10.1. The topological polar surface area (TPSA) is 92.8 Å². The number of hydrogen-bond acceptors (Lipinski definition) is 7. The molecule has 1 N–H and O–H groups in total. The highest BCUT2D eigenvalue weighted by Gasteiger charge is 2.22. The lowest BCUT2D eigenvalue weighted by molar-refractivity contribution is -0.113. The van der Waals surface area contributed by atoms with Gasteiger partial charge >= 0.3 is 0 Å². The van der Waals surface area contributed by atoms with E-state index in [-0.39, 0.29) is 11.7 Å². The number of rotatable bonds is 8. The van der Waals surface area contributed by atoms with E-state index >= 15 is 0 Å². The first-order valence-corrected chi connectivity index (χ1v) is 12.9. The average molecular weight is 482 g/mol. The van der Waals surface area contributed by atoms with Gasteiger partial charge in [0.1, 0.15) is 23.4 Å². The molecule has 2 aromatic heterocycles. The van der Waals surface area contributed by atoms with Crippen LogP contribution < -0.4 is 10.1 Å². The monoisotopic (exact) mass is 481 g/mol. The molecular formula is C24H27N5O2S2. The number of aromatic nitrogens is 3. The van der Waals surface area contributed by atoms with Gasteiger partial charge in [0, 0.05) is 11.4 Å². The summed E-state index contributed by atoms with van der Waals surface area (Å²) in [6.45, 7) is 7.08. The van der Waals surface area contributed by atoms with Crippen LogP contribution in [0.1, 0.15) is 52.7 Å². The minimum Gasteiger partial charge on any atom is -0.485 e. The summed E-state index contributed by atoms with van der Waals surface area (Å²) in [7, 11) is 0. The number of benzene rings is 1. The van der Waals surface area contributed by atoms with Crippen molar-refractivity contribution in [1.29, 1.82) is 5.26 Å². The SMILES string of the molecule is CCn1c(COc2ccc(C)cc2C)nnc1SCC(=O)Nc1sc2c(c1C#N)CCCC2. The Morgan fingerprint density at radius 2 is 2.12 bits per heavy atom. The van der Waals surface area contributed by atoms with Crippen LogP contribution in [-0.4, -0.2) is 26.4 Å². The molecule has 0 atom stereocenters. The van der Waals surface area contributed by atoms with Crippen LogP contribution in [0.3, 0.4) is 0 Å². The number of nitrogens with one attached hydrogen (secondary N) is 1. The van der Waals surface area contributed by atoms with Crippen molar-refractivity contribution in [2.45, 2.75) is 64.8 Å². The maximum absolute atomic E-state index is 12.6. The van der Waals surface area contributed by atoms with Gasteiger partial charge in [-0.05, 0) is 63.6 Å². The first-order valence-electron chi connectivity index (χ1n) is 11.1. The lowest BCUT2D eigenvalue weighted by Gasteiger charge is -2.11. The number of hydrogen-bond donors (Lipinski definition) is 1. The highest BCUT2D eigenvalue weighted by molar-refractivity contribution is 7.99. The molecule has 0 saturated carbocycles. The number of amides is 1. The molecule has 1 aromatic carbocycles. The molecule has 0 radical (unpaired) electrons. The second kappa shape index (κ2) is 10.4. The Labute approximate surface area is 202 Å². The Hall–Kier alpha value is -2.83. The van der Waals surface area contributed by atoms with Gasteiger partial charge in [-0.1, -0.05) is 29.5 Å². The fourth-order valence-electron chi connectivity index (χ4n) is 4.02. The molecule has 3 aromatic rings. The van der Waals surface area contributed by atoms with E-state index in [0.717, 1.165) is 48.4 Å². The van der Waals surface area contributed by atoms with Gasteiger partial charge in [-0.15, -0.1) is 21.5 Å². The number of aryl methyl sites for hydroxylation is 3. The number of ether oxygens (including phenoxy) is 1. The van der Waals surface area contributed by atoms with E-state index in [1.165, 1.54) is 22.2 Å². The predicted octanol–water partition coefficient (Wildman–Crippen LogP) is 5.04. The molecule has 0 bridgehead atoms. The summed E-state index contributed by atoms with van der Waals surface area (Å²) < 4.78 is 7.93. The smallest absolute Gasteiger partial charge is 0.235 e. The molecule has 1 aliphatic carbocycles. The van der Waals surface area contributed by atoms with Crippen molar-refractivity contribution in [2.75, 3.05) is 11.1 Å². The van der Waals surface area contributed by atoms with Crippen LogP contribution in [0, 0.1) is 25.2 Å². The molecule has 1 amide bonds. The van der Waals surface area contributed by atoms with Gasteiger partial charge < -0.3 is 14.6 Å². The first kappa shape index (κ1) is 23.3. The molecule has 33 heavy (non-hydrogen) atoms. The summed E-state index contributed by atoms with van der Waals surface area (Å²) >= 11 is 2.88. The van der Waals surface area contributed by atoms with Crippen LogP contribution in [0.4, 0.5) is 5.00 Å². The number of anilines is 1. The normalized spacial score (nSPS) is 12.8. The van der Waals surface area contributed by atoms with Crippen molar-refractivity contribution >= 4 is 34.0 Å². The fraction of sp³-hybridized carbons (Fsp3) is 0.417. The van der Waals surface area contributed by atoms with E-state index in [9.17, 15) is 10.1 Å². The lowest BCUT2D eigenvalue weighted by atomic mass is 9.96. The molecule has 0 unspecified atom stereocenters. The van der Waals surface area contributed by atoms with Crippen LogP contribution in [0.15, 0.2) is 23.4 Å². The van der Waals surface area contributed by atoms with E-state index in [1.54, 1.807) is 11.3 Å². The number of nitrogens with zero attached hydrogens (tertiary/aromatic N) is 4. The zero-order valence-electron chi connectivity index (χ0n) is 19.1. The van der Waals surface area contributed by atoms with Crippen LogP contribution in [0.5, 0.6) is 5.75 Å². The van der Waals surface area contributed by atoms with E-state index in [1.807, 2.05) is 30.5 Å². The van der Waals surface area contributed by atoms with Crippen molar-refractivity contribution in [3.63, 3.8) is 0 Å². The molecule has 0 aliphatic heterocycles. The predicted molar refractivity (Wildman–Crippen MR) is 131 cm³/mol. The van der Waals surface area contributed by atoms with Crippen molar-refractivity contribution in [1.82, 2.24) is 14.8 Å². The maximum Gasteiger partial charge on any atom is 0.235 e. The zero-order chi connectivity index (χ0) is 23.4. The molecule has 9 heteroatoms. The Morgan fingerprint density at radius 1 is 1.30 bits per heavy atom. The minimum absolute atomic E-state index is 0.145. The van der Waals surface area contributed by atoms with Crippen LogP contribution in [0.2, 0.25) is 0 Å². The number of nitriles is 1. The van der Waals surface area contributed by atoms with Gasteiger partial charge in [-0.25, -0.2) is 0 Å². The lowest BCUT2D eigenvalue weighted by Crippen LogP contribution is -2.15. The molecule has 4 rings (SSSR count). The third-order valence-corrected chi connectivity index (χ3v) is 7.84. The van der Waals surface area contributed by atoms with Crippen LogP contribution >= 0.6 is 23.1 Å². The minimum atomic E-state index is -0.145. The molecular weight excluding hydrogens is 454 g/mol. The number of thioether (sulfide) groups is 1. The number of carbonyl (C=O) groups is 1. The van der Waals surface area contributed by atoms with Gasteiger partial charge in [-0.2, -0.15) is 5.26 Å². The van der Waals surface area contributed by atoms with Gasteiger partial charge in [0.15, 0.2) is 11.0 Å². The van der Waals surface area contributed by atoms with Gasteiger partial charge in [0.25, 0.3) is 0 Å². The average Bonchev–Trinajstić information content (AvgIpc) is 3.36. The van der Waals surface area contributed by atoms with Crippen LogP contribution in [-0.2, 0) is 30.8 Å². The van der Waals surface area contributed by atoms with E-state index < -0.39 is 0 Å². The highest BCUT2D eigenvalue weighted by Crippen LogP contribution is 2.37. The second-order valence-electron chi connectivity index (χ2n) is 8.06. The molecule has 7 nitrogen and oxygen atoms in total. The Morgan fingerprint density at radius 3 is 2.88 bits per heavy atom. The van der Waals surface area contributed by atoms with Crippen LogP contribution in [0.25, 0.3) is 0 Å². The maximum atomic E-state index is 12.6. The Balaban J connectivity index is 1.38. The third kappa shape index (κ3) is 5.23. The van der Waals surface area contributed by atoms with Crippen molar-refractivity contribution < 1.29 is 9.53 Å². The van der Waals surface area contributed by atoms with E-state index in [0.29, 0.717) is 28.9 Å². The summed E-state index contributed by atoms with van der Waals surface area (Å²) in [5, 5.41) is 22.4. The summed E-state index contributed by atoms with van der Waals surface area (Å²) in [5.74, 6) is 1.60. The standard InChI is InChI=1S/C24H27N5O2S2/c1-4-29-21(13-31-19-10-9-15(2)11-16(19)3)27-28-24(29)32-14-22(30)26-23-18(12-25)17-7-5-6-8-20(17)33-23/h9-11H,4-8,13-14H2,1-3H3,(H,26,30). The first-order chi connectivity index (χ1) is 16.0. The molecule has 1 aliphatic rings. The Kier molecular flexibility index (Phi) is 7.36. The van der Waals surface area contributed by atoms with Gasteiger partial charge in [0.2, 0.25) is 5.91 Å². The van der Waals surface area contributed by atoms with Crippen molar-refractivity contribution in [3.8, 4) is 11.8 Å². The molecule has 172 valence electrons. The van der Waals surface area contributed by atoms with Crippen molar-refractivity contribution in [3.05, 3.63) is 51.2 Å². The van der Waals surface area contributed by atoms with Crippen molar-refractivity contribution in [2.24, 2.45) is 0 Å². The Bertz CT molecular complexity index is 1210. The zero-order valence-corrected chi connectivity index (χ0v) is 20.7. The summed E-state index contributed by atoms with van der Waals surface area (Å²) in [6, 6.07) is 8.36. The summed E-state index contributed by atoms with van der Waals surface area (Å²) in [6.07, 6.45) is 4.16. The number of fused-ring (bicyclic) bond motifs is 1. The largest absolute Gasteiger partial charge is 0.485 e. The number of carbonyl (C=O) groups excluding carboxylic acids is 1. The summed E-state index contributed by atoms with van der Waals surface area (Å²) in [4.78, 5) is 13.9. The van der Waals surface area contributed by atoms with E-state index in [2.05, 4.69) is 34.6 Å². The van der Waals surface area contributed by atoms with Gasteiger partial charge in [-0.3, -0.25) is 4.79 Å². The van der Waals surface area contributed by atoms with E-state index in [4.69, 9.17) is 4.74 Å². The number of thiophene rings is 1. The molecule has 2 heterocycles. The van der Waals surface area contributed by atoms with Gasteiger partial charge in [0.05, 0.1) is 11.3 Å². The molecule has 0 saturated heterocycles. The third-order valence-electron chi connectivity index (χ3n) is 5.67. The molecule has 0 fully saturated rings. The fourth-order valence-corrected chi connectivity index (χ4v) is 6.10. The molecule has 0 spiro atoms. The quantitative estimate of drug-likeness (QED) is 0.453. The highest BCUT2D eigenvalue weighted by atomic mass is 32.2.